The Morgan fingerprint density at radius 2 is 1.88 bits per heavy atom. The minimum atomic E-state index is -0.360. The lowest BCUT2D eigenvalue weighted by Crippen LogP contribution is -2.26. The van der Waals surface area contributed by atoms with Crippen LogP contribution in [0.4, 0.5) is 0 Å². The van der Waals surface area contributed by atoms with Crippen LogP contribution in [-0.2, 0) is 0 Å². The maximum atomic E-state index is 10.2. The van der Waals surface area contributed by atoms with E-state index in [0.29, 0.717) is 12.5 Å². The monoisotopic (exact) mass is 299 g/mol. The van der Waals surface area contributed by atoms with Crippen molar-refractivity contribution in [3.63, 3.8) is 0 Å². The Balaban J connectivity index is 2.74. The second-order valence-electron chi connectivity index (χ2n) is 4.90. The molecule has 1 aromatic carbocycles. The highest BCUT2D eigenvalue weighted by Crippen LogP contribution is 2.28. The number of hydrogen-bond donors (Lipinski definition) is 2. The van der Waals surface area contributed by atoms with Crippen LogP contribution >= 0.6 is 15.9 Å². The molecule has 0 radical (unpaired) electrons. The fourth-order valence-electron chi connectivity index (χ4n) is 1.97. The first kappa shape index (κ1) is 14.7. The van der Waals surface area contributed by atoms with Crippen LogP contribution < -0.4 is 5.73 Å². The molecule has 0 saturated heterocycles. The van der Waals surface area contributed by atoms with Crippen molar-refractivity contribution in [3.05, 3.63) is 34.3 Å². The van der Waals surface area contributed by atoms with Crippen LogP contribution in [0.15, 0.2) is 28.7 Å². The Hall–Kier alpha value is -0.380. The van der Waals surface area contributed by atoms with Gasteiger partial charge in [0.1, 0.15) is 0 Å². The molecule has 2 atom stereocenters. The predicted octanol–water partition coefficient (Wildman–Crippen LogP) is 3.29. The van der Waals surface area contributed by atoms with Crippen molar-refractivity contribution < 1.29 is 5.11 Å². The molecule has 0 aromatic heterocycles. The van der Waals surface area contributed by atoms with Crippen LogP contribution in [0.1, 0.15) is 38.2 Å². The second kappa shape index (κ2) is 7.14. The zero-order chi connectivity index (χ0) is 12.8. The standard InChI is InChI=1S/C14H22BrNO/c1-10(2)7-8-14(17)12(9-16)11-5-3-4-6-13(11)15/h3-6,10,12,14,17H,7-9,16H2,1-2H3. The number of rotatable bonds is 6. The molecule has 0 saturated carbocycles. The molecule has 2 unspecified atom stereocenters. The molecule has 3 N–H and O–H groups in total. The van der Waals surface area contributed by atoms with Gasteiger partial charge in [-0.3, -0.25) is 0 Å². The number of nitrogens with two attached hydrogens (primary N) is 1. The van der Waals surface area contributed by atoms with E-state index in [4.69, 9.17) is 5.73 Å². The smallest absolute Gasteiger partial charge is 0.0621 e. The van der Waals surface area contributed by atoms with E-state index in [1.807, 2.05) is 24.3 Å². The summed E-state index contributed by atoms with van der Waals surface area (Å²) in [6, 6.07) is 7.98. The summed E-state index contributed by atoms with van der Waals surface area (Å²) in [7, 11) is 0. The molecule has 0 aliphatic carbocycles. The normalized spacial score (nSPS) is 14.9. The summed E-state index contributed by atoms with van der Waals surface area (Å²) in [4.78, 5) is 0. The van der Waals surface area contributed by atoms with Crippen LogP contribution in [0.25, 0.3) is 0 Å². The summed E-state index contributed by atoms with van der Waals surface area (Å²) < 4.78 is 1.03. The van der Waals surface area contributed by atoms with E-state index in [9.17, 15) is 5.11 Å². The third-order valence-electron chi connectivity index (χ3n) is 3.06. The molecule has 0 spiro atoms. The van der Waals surface area contributed by atoms with Crippen LogP contribution in [0, 0.1) is 5.92 Å². The highest BCUT2D eigenvalue weighted by atomic mass is 79.9. The zero-order valence-corrected chi connectivity index (χ0v) is 12.2. The molecular weight excluding hydrogens is 278 g/mol. The Bertz CT molecular complexity index is 341. The number of aliphatic hydroxyl groups excluding tert-OH is 1. The number of aliphatic hydroxyl groups is 1. The van der Waals surface area contributed by atoms with Crippen molar-refractivity contribution in [3.8, 4) is 0 Å². The van der Waals surface area contributed by atoms with Gasteiger partial charge in [0.15, 0.2) is 0 Å². The minimum Gasteiger partial charge on any atom is -0.392 e. The molecule has 96 valence electrons. The van der Waals surface area contributed by atoms with Crippen molar-refractivity contribution in [1.29, 1.82) is 0 Å². The van der Waals surface area contributed by atoms with Gasteiger partial charge in [0.25, 0.3) is 0 Å². The Kier molecular flexibility index (Phi) is 6.17. The van der Waals surface area contributed by atoms with Crippen molar-refractivity contribution in [2.24, 2.45) is 11.7 Å². The van der Waals surface area contributed by atoms with E-state index in [1.165, 1.54) is 0 Å². The topological polar surface area (TPSA) is 46.2 Å². The third-order valence-corrected chi connectivity index (χ3v) is 3.79. The first-order valence-corrected chi connectivity index (χ1v) is 6.98. The molecule has 0 aliphatic rings. The Morgan fingerprint density at radius 3 is 2.41 bits per heavy atom. The first-order valence-electron chi connectivity index (χ1n) is 6.18. The lowest BCUT2D eigenvalue weighted by atomic mass is 9.89. The molecule has 1 rings (SSSR count). The van der Waals surface area contributed by atoms with E-state index in [2.05, 4.69) is 29.8 Å². The molecule has 0 amide bonds. The van der Waals surface area contributed by atoms with Gasteiger partial charge in [0.2, 0.25) is 0 Å². The van der Waals surface area contributed by atoms with Gasteiger partial charge in [-0.25, -0.2) is 0 Å². The van der Waals surface area contributed by atoms with Gasteiger partial charge < -0.3 is 10.8 Å². The molecule has 2 nitrogen and oxygen atoms in total. The minimum absolute atomic E-state index is 0.0179. The number of hydrogen-bond acceptors (Lipinski definition) is 2. The Labute approximate surface area is 112 Å². The van der Waals surface area contributed by atoms with Crippen LogP contribution in [0.5, 0.6) is 0 Å². The quantitative estimate of drug-likeness (QED) is 0.847. The van der Waals surface area contributed by atoms with E-state index >= 15 is 0 Å². The van der Waals surface area contributed by atoms with E-state index < -0.39 is 0 Å². The van der Waals surface area contributed by atoms with E-state index in [1.54, 1.807) is 0 Å². The van der Waals surface area contributed by atoms with Crippen LogP contribution in [-0.4, -0.2) is 17.8 Å². The van der Waals surface area contributed by atoms with Crippen LogP contribution in [0.2, 0.25) is 0 Å². The predicted molar refractivity (Wildman–Crippen MR) is 76.0 cm³/mol. The van der Waals surface area contributed by atoms with Gasteiger partial charge in [-0.05, 0) is 30.4 Å². The molecule has 3 heteroatoms. The molecular formula is C14H22BrNO. The summed E-state index contributed by atoms with van der Waals surface area (Å²) in [5.41, 5.74) is 6.90. The van der Waals surface area contributed by atoms with Crippen molar-refractivity contribution in [2.75, 3.05) is 6.54 Å². The van der Waals surface area contributed by atoms with E-state index in [-0.39, 0.29) is 12.0 Å². The largest absolute Gasteiger partial charge is 0.392 e. The van der Waals surface area contributed by atoms with Gasteiger partial charge in [-0.15, -0.1) is 0 Å². The highest BCUT2D eigenvalue weighted by Gasteiger charge is 2.21. The summed E-state index contributed by atoms with van der Waals surface area (Å²) in [6.45, 7) is 4.81. The maximum absolute atomic E-state index is 10.2. The second-order valence-corrected chi connectivity index (χ2v) is 5.76. The third kappa shape index (κ3) is 4.41. The van der Waals surface area contributed by atoms with Gasteiger partial charge in [0.05, 0.1) is 6.10 Å². The van der Waals surface area contributed by atoms with Gasteiger partial charge in [0, 0.05) is 16.9 Å². The molecule has 17 heavy (non-hydrogen) atoms. The van der Waals surface area contributed by atoms with Gasteiger partial charge in [-0.1, -0.05) is 48.0 Å². The fourth-order valence-corrected chi connectivity index (χ4v) is 2.55. The molecule has 1 aromatic rings. The summed E-state index contributed by atoms with van der Waals surface area (Å²) in [5.74, 6) is 0.631. The average Bonchev–Trinajstić information content (AvgIpc) is 2.30. The number of halogens is 1. The molecule has 0 heterocycles. The summed E-state index contributed by atoms with van der Waals surface area (Å²) >= 11 is 3.52. The lowest BCUT2D eigenvalue weighted by molar-refractivity contribution is 0.128. The highest BCUT2D eigenvalue weighted by molar-refractivity contribution is 9.10. The number of benzene rings is 1. The molecule has 0 fully saturated rings. The average molecular weight is 300 g/mol. The van der Waals surface area contributed by atoms with Crippen molar-refractivity contribution >= 4 is 15.9 Å². The Morgan fingerprint density at radius 1 is 1.24 bits per heavy atom. The van der Waals surface area contributed by atoms with E-state index in [0.717, 1.165) is 22.9 Å². The maximum Gasteiger partial charge on any atom is 0.0621 e. The van der Waals surface area contributed by atoms with Crippen molar-refractivity contribution in [2.45, 2.75) is 38.7 Å². The first-order chi connectivity index (χ1) is 8.06. The van der Waals surface area contributed by atoms with Crippen LogP contribution in [0.3, 0.4) is 0 Å². The lowest BCUT2D eigenvalue weighted by Gasteiger charge is -2.23. The fraction of sp³-hybridized carbons (Fsp3) is 0.571. The van der Waals surface area contributed by atoms with Gasteiger partial charge in [-0.2, -0.15) is 0 Å². The summed E-state index contributed by atoms with van der Waals surface area (Å²) in [5, 5.41) is 10.2. The molecule has 0 bridgehead atoms. The molecule has 0 aliphatic heterocycles. The van der Waals surface area contributed by atoms with Gasteiger partial charge >= 0.3 is 0 Å². The van der Waals surface area contributed by atoms with Crippen molar-refractivity contribution in [1.82, 2.24) is 0 Å². The summed E-state index contributed by atoms with van der Waals surface area (Å²) in [6.07, 6.45) is 1.48. The zero-order valence-electron chi connectivity index (χ0n) is 10.6. The SMILES string of the molecule is CC(C)CCC(O)C(CN)c1ccccc1Br.